The van der Waals surface area contributed by atoms with Gasteiger partial charge in [0.2, 0.25) is 0 Å². The number of phenols is 1. The maximum absolute atomic E-state index is 14.0. The number of likely N-dealkylation sites (N-methyl/N-ethyl adjacent to an activating group) is 1. The smallest absolute Gasteiger partial charge is 0.390 e. The lowest BCUT2D eigenvalue weighted by Crippen LogP contribution is -2.59. The molecule has 1 heterocycles. The molecule has 0 bridgehead atoms. The normalized spacial score (nSPS) is 30.2. The van der Waals surface area contributed by atoms with Crippen LogP contribution in [0.5, 0.6) is 5.75 Å². The Kier molecular flexibility index (Phi) is 7.48. The molecule has 1 amide bonds. The number of aromatic hydroxyl groups is 1. The van der Waals surface area contributed by atoms with Gasteiger partial charge in [-0.05, 0) is 74.9 Å². The van der Waals surface area contributed by atoms with E-state index in [1.165, 1.54) is 13.0 Å². The zero-order valence-corrected chi connectivity index (χ0v) is 23.7. The molecule has 1 aromatic rings. The molecule has 1 aliphatic heterocycles. The summed E-state index contributed by atoms with van der Waals surface area (Å²) in [6.07, 6.45) is -2.25. The molecule has 0 saturated heterocycles. The van der Waals surface area contributed by atoms with E-state index in [4.69, 9.17) is 5.73 Å². The zero-order chi connectivity index (χ0) is 30.9. The van der Waals surface area contributed by atoms with Crippen LogP contribution >= 0.6 is 0 Å². The molecule has 4 aliphatic rings. The molecule has 0 spiro atoms. The number of allylic oxidation sites excluding steroid dienone is 1. The minimum atomic E-state index is -4.23. The van der Waals surface area contributed by atoms with Gasteiger partial charge in [0.25, 0.3) is 5.91 Å². The molecule has 5 atom stereocenters. The molecule has 9 nitrogen and oxygen atoms in total. The van der Waals surface area contributed by atoms with E-state index in [0.717, 1.165) is 11.1 Å². The Hall–Kier alpha value is -3.35. The second-order valence-corrected chi connectivity index (χ2v) is 12.2. The molecule has 0 aromatic heterocycles. The number of alkyl halides is 3. The molecule has 12 heteroatoms. The summed E-state index contributed by atoms with van der Waals surface area (Å²) in [5, 5.41) is 45.0. The molecule has 1 aromatic carbocycles. The van der Waals surface area contributed by atoms with Crippen molar-refractivity contribution in [2.24, 2.45) is 23.5 Å². The number of carbonyl (C=O) groups is 2. The number of benzene rings is 1. The van der Waals surface area contributed by atoms with E-state index in [9.17, 15) is 43.2 Å². The van der Waals surface area contributed by atoms with Crippen molar-refractivity contribution >= 4 is 17.3 Å². The summed E-state index contributed by atoms with van der Waals surface area (Å²) in [6, 6.07) is 2.34. The highest BCUT2D eigenvalue weighted by molar-refractivity contribution is 6.14. The van der Waals surface area contributed by atoms with Gasteiger partial charge in [-0.1, -0.05) is 12.1 Å². The molecule has 4 unspecified atom stereocenters. The quantitative estimate of drug-likeness (QED) is 0.351. The molecule has 42 heavy (non-hydrogen) atoms. The van der Waals surface area contributed by atoms with Gasteiger partial charge in [-0.25, -0.2) is 0 Å². The van der Waals surface area contributed by atoms with Crippen LogP contribution in [0.25, 0.3) is 5.57 Å². The summed E-state index contributed by atoms with van der Waals surface area (Å²) in [4.78, 5) is 29.7. The Balaban J connectivity index is 1.55. The van der Waals surface area contributed by atoms with E-state index in [2.05, 4.69) is 0 Å². The third-order valence-corrected chi connectivity index (χ3v) is 9.38. The summed E-state index contributed by atoms with van der Waals surface area (Å²) < 4.78 is 38.1. The lowest BCUT2D eigenvalue weighted by Gasteiger charge is -2.52. The van der Waals surface area contributed by atoms with Crippen LogP contribution in [0.3, 0.4) is 0 Å². The third kappa shape index (κ3) is 4.88. The summed E-state index contributed by atoms with van der Waals surface area (Å²) in [5.41, 5.74) is 5.34. The summed E-state index contributed by atoms with van der Waals surface area (Å²) in [5.74, 6) is -4.87. The largest absolute Gasteiger partial charge is 0.511 e. The molecular weight excluding hydrogens is 555 g/mol. The fourth-order valence-corrected chi connectivity index (χ4v) is 7.64. The predicted octanol–water partition coefficient (Wildman–Crippen LogP) is 3.23. The van der Waals surface area contributed by atoms with Crippen molar-refractivity contribution in [3.8, 4) is 5.75 Å². The topological polar surface area (TPSA) is 148 Å². The van der Waals surface area contributed by atoms with Gasteiger partial charge in [0.1, 0.15) is 22.9 Å². The average molecular weight is 592 g/mol. The van der Waals surface area contributed by atoms with Crippen molar-refractivity contribution in [2.45, 2.75) is 50.4 Å². The number of phenolic OH excluding ortho intramolecular Hbond substituents is 1. The maximum Gasteiger partial charge on any atom is 0.390 e. The van der Waals surface area contributed by atoms with Crippen molar-refractivity contribution in [1.29, 1.82) is 0 Å². The number of hydrogen-bond acceptors (Lipinski definition) is 8. The van der Waals surface area contributed by atoms with Crippen molar-refractivity contribution in [2.75, 3.05) is 33.7 Å². The number of carbonyl (C=O) groups excluding carboxylic acids is 2. The first-order valence-corrected chi connectivity index (χ1v) is 14.0. The van der Waals surface area contributed by atoms with Crippen LogP contribution in [0.4, 0.5) is 13.2 Å². The van der Waals surface area contributed by atoms with Crippen LogP contribution in [0.1, 0.15) is 47.7 Å². The van der Waals surface area contributed by atoms with Gasteiger partial charge in [0.05, 0.1) is 29.5 Å². The lowest BCUT2D eigenvalue weighted by molar-refractivity contribution is -0.137. The molecule has 0 fully saturated rings. The average Bonchev–Trinajstić information content (AvgIpc) is 2.86. The van der Waals surface area contributed by atoms with Gasteiger partial charge in [-0.2, -0.15) is 13.2 Å². The van der Waals surface area contributed by atoms with Crippen molar-refractivity contribution in [3.05, 3.63) is 57.6 Å². The van der Waals surface area contributed by atoms with E-state index >= 15 is 0 Å². The summed E-state index contributed by atoms with van der Waals surface area (Å²) >= 11 is 0. The molecule has 0 saturated carbocycles. The second kappa shape index (κ2) is 10.4. The number of aliphatic hydroxyl groups excluding tert-OH is 2. The Bertz CT molecular complexity index is 1430. The number of rotatable bonds is 5. The fraction of sp³-hybridized carbons (Fsp3) is 0.533. The van der Waals surface area contributed by atoms with E-state index in [-0.39, 0.29) is 42.0 Å². The number of nitrogens with zero attached hydrogens (tertiary/aromatic N) is 2. The third-order valence-electron chi connectivity index (χ3n) is 9.38. The number of hydrogen-bond donors (Lipinski definition) is 5. The SMILES string of the molecule is CN(C)[C@@H]1C(O)=C(C(N)=O)C(C)(O)C2C(O)=C3C(=O)c4c(O)ccc(C5=CCN(CCC(F)(F)F)CC5)c4CC3CC21. The lowest BCUT2D eigenvalue weighted by atomic mass is 9.56. The highest BCUT2D eigenvalue weighted by Crippen LogP contribution is 2.55. The summed E-state index contributed by atoms with van der Waals surface area (Å²) in [6.45, 7) is 1.92. The van der Waals surface area contributed by atoms with Gasteiger partial charge in [-0.3, -0.25) is 19.4 Å². The summed E-state index contributed by atoms with van der Waals surface area (Å²) in [7, 11) is 3.38. The van der Waals surface area contributed by atoms with Gasteiger partial charge in [0.15, 0.2) is 5.78 Å². The molecule has 0 radical (unpaired) electrons. The Morgan fingerprint density at radius 3 is 2.45 bits per heavy atom. The number of fused-ring (bicyclic) bond motifs is 3. The van der Waals surface area contributed by atoms with Gasteiger partial charge < -0.3 is 26.2 Å². The highest BCUT2D eigenvalue weighted by Gasteiger charge is 2.59. The Labute approximate surface area is 241 Å². The van der Waals surface area contributed by atoms with E-state index in [1.54, 1.807) is 30.0 Å². The van der Waals surface area contributed by atoms with Crippen LogP contribution in [-0.2, 0) is 11.2 Å². The minimum Gasteiger partial charge on any atom is -0.511 e. The molecule has 3 aliphatic carbocycles. The Morgan fingerprint density at radius 2 is 1.88 bits per heavy atom. The number of ketones is 1. The maximum atomic E-state index is 14.0. The van der Waals surface area contributed by atoms with Gasteiger partial charge in [0, 0.05) is 25.2 Å². The van der Waals surface area contributed by atoms with Gasteiger partial charge in [-0.15, -0.1) is 0 Å². The van der Waals surface area contributed by atoms with Crippen LogP contribution in [0, 0.1) is 17.8 Å². The van der Waals surface area contributed by atoms with Crippen LogP contribution < -0.4 is 5.73 Å². The number of Topliss-reactive ketones (excluding diaryl/α,β-unsaturated/α-hetero) is 1. The first-order valence-electron chi connectivity index (χ1n) is 14.0. The minimum absolute atomic E-state index is 0.0391. The highest BCUT2D eigenvalue weighted by atomic mass is 19.4. The van der Waals surface area contributed by atoms with E-state index < -0.39 is 65.0 Å². The number of halogens is 3. The van der Waals surface area contributed by atoms with Crippen LogP contribution in [0.2, 0.25) is 0 Å². The first kappa shape index (κ1) is 30.1. The van der Waals surface area contributed by atoms with Crippen LogP contribution in [0.15, 0.2) is 40.9 Å². The fourth-order valence-electron chi connectivity index (χ4n) is 7.64. The van der Waals surface area contributed by atoms with E-state index in [0.29, 0.717) is 25.1 Å². The van der Waals surface area contributed by atoms with Crippen molar-refractivity contribution in [3.63, 3.8) is 0 Å². The number of aliphatic hydroxyl groups is 3. The van der Waals surface area contributed by atoms with Crippen molar-refractivity contribution < 1.29 is 43.2 Å². The van der Waals surface area contributed by atoms with Crippen molar-refractivity contribution in [1.82, 2.24) is 9.80 Å². The zero-order valence-electron chi connectivity index (χ0n) is 23.7. The second-order valence-electron chi connectivity index (χ2n) is 12.2. The molecule has 228 valence electrons. The van der Waals surface area contributed by atoms with Gasteiger partial charge >= 0.3 is 6.18 Å². The first-order chi connectivity index (χ1) is 19.5. The number of amides is 1. The number of nitrogens with two attached hydrogens (primary N) is 1. The predicted molar refractivity (Wildman–Crippen MR) is 148 cm³/mol. The monoisotopic (exact) mass is 591 g/mol. The Morgan fingerprint density at radius 1 is 1.19 bits per heavy atom. The molecule has 5 rings (SSSR count). The molecule has 6 N–H and O–H groups in total. The standard InChI is InChI=1S/C30H36F3N3O6/c1-29(42)22-18(24(35(2)3)27(40)23(29)28(34)41)13-15-12-17-16(4-5-19(37)21(17)25(38)20(15)26(22)39)14-6-9-36(10-7-14)11-8-30(31,32)33/h4-6,15,18,22,24,37,39-40,42H,7-13H2,1-3H3,(H2,34,41)/t15?,18?,22?,24-,29?/m0/s1. The number of primary amides is 1. The molecular formula is C30H36F3N3O6. The van der Waals surface area contributed by atoms with E-state index in [1.807, 2.05) is 6.08 Å². The van der Waals surface area contributed by atoms with Crippen LogP contribution in [-0.4, -0.2) is 93.5 Å².